The Bertz CT molecular complexity index is 626. The number of esters is 1. The van der Waals surface area contributed by atoms with Crippen LogP contribution in [0.1, 0.15) is 25.2 Å². The van der Waals surface area contributed by atoms with Crippen LogP contribution in [0, 0.1) is 17.0 Å². The van der Waals surface area contributed by atoms with Crippen molar-refractivity contribution in [1.29, 1.82) is 0 Å². The zero-order chi connectivity index (χ0) is 17.6. The number of nitrogens with one attached hydrogen (secondary N) is 2. The maximum atomic E-state index is 12.0. The minimum atomic E-state index is -1.38. The van der Waals surface area contributed by atoms with Gasteiger partial charge in [-0.1, -0.05) is 0 Å². The highest BCUT2D eigenvalue weighted by molar-refractivity contribution is 5.95. The minimum absolute atomic E-state index is 0.00434. The first-order chi connectivity index (χ1) is 10.8. The molecule has 0 bridgehead atoms. The molecular formula is C11H15N5O7. The lowest BCUT2D eigenvalue weighted by Gasteiger charge is -2.14. The lowest BCUT2D eigenvalue weighted by Crippen LogP contribution is -2.39. The number of imide groups is 1. The normalized spacial score (nSPS) is 11.4. The summed E-state index contributed by atoms with van der Waals surface area (Å²) in [6, 6.07) is -2.58. The van der Waals surface area contributed by atoms with Crippen LogP contribution >= 0.6 is 0 Å². The Kier molecular flexibility index (Phi) is 6.14. The van der Waals surface area contributed by atoms with E-state index in [0.29, 0.717) is 0 Å². The highest BCUT2D eigenvalue weighted by atomic mass is 16.6. The van der Waals surface area contributed by atoms with Gasteiger partial charge in [0.15, 0.2) is 5.82 Å². The molecule has 3 N–H and O–H groups in total. The first kappa shape index (κ1) is 18.0. The van der Waals surface area contributed by atoms with Crippen LogP contribution in [0.25, 0.3) is 0 Å². The second kappa shape index (κ2) is 7.84. The molecule has 12 heteroatoms. The number of hydrogen-bond donors (Lipinski definition) is 3. The third kappa shape index (κ3) is 4.47. The first-order valence-corrected chi connectivity index (χ1v) is 6.40. The molecule has 1 heterocycles. The van der Waals surface area contributed by atoms with E-state index in [0.717, 1.165) is 10.8 Å². The zero-order valence-corrected chi connectivity index (χ0v) is 12.3. The summed E-state index contributed by atoms with van der Waals surface area (Å²) in [6.45, 7) is 2.94. The zero-order valence-electron chi connectivity index (χ0n) is 12.3. The molecule has 1 rings (SSSR count). The van der Waals surface area contributed by atoms with Crippen molar-refractivity contribution in [1.82, 2.24) is 20.3 Å². The van der Waals surface area contributed by atoms with Crippen molar-refractivity contribution in [3.8, 4) is 0 Å². The molecule has 0 saturated carbocycles. The molecule has 12 nitrogen and oxygen atoms in total. The number of nitro groups is 1. The summed E-state index contributed by atoms with van der Waals surface area (Å²) in [5.74, 6) is -2.22. The fourth-order valence-electron chi connectivity index (χ4n) is 1.86. The number of aromatic nitrogens is 2. The fourth-order valence-corrected chi connectivity index (χ4v) is 1.86. The number of hydrogen-bond acceptors (Lipinski definition) is 8. The lowest BCUT2D eigenvalue weighted by atomic mass is 10.2. The summed E-state index contributed by atoms with van der Waals surface area (Å²) >= 11 is 0. The number of amides is 3. The molecule has 3 amide bonds. The van der Waals surface area contributed by atoms with Gasteiger partial charge in [-0.2, -0.15) is 4.57 Å². The van der Waals surface area contributed by atoms with E-state index >= 15 is 0 Å². The summed E-state index contributed by atoms with van der Waals surface area (Å²) in [5.41, 5.74) is 1.18. The van der Waals surface area contributed by atoms with E-state index in [-0.39, 0.29) is 12.4 Å². The average Bonchev–Trinajstić information content (AvgIpc) is 2.86. The standard InChI is InChI=1S/C11H15N5O7/c1-3-23-10(18)7(4-8(17)13-11(19)14-20)15-6(2)12-5-9(15)16(21)22/h5,7,20H,3-4H2,1-2H3,(H2,13,14,17,19). The van der Waals surface area contributed by atoms with E-state index in [2.05, 4.69) is 4.98 Å². The van der Waals surface area contributed by atoms with Gasteiger partial charge in [-0.25, -0.2) is 20.1 Å². The molecule has 23 heavy (non-hydrogen) atoms. The molecule has 0 aliphatic rings. The number of hydroxylamine groups is 1. The van der Waals surface area contributed by atoms with Crippen molar-refractivity contribution in [3.63, 3.8) is 0 Å². The van der Waals surface area contributed by atoms with Crippen LogP contribution in [-0.4, -0.2) is 44.2 Å². The average molecular weight is 329 g/mol. The highest BCUT2D eigenvalue weighted by Crippen LogP contribution is 2.24. The molecule has 1 unspecified atom stereocenters. The van der Waals surface area contributed by atoms with Gasteiger partial charge in [0.05, 0.1) is 13.0 Å². The van der Waals surface area contributed by atoms with Crippen molar-refractivity contribution >= 4 is 23.7 Å². The van der Waals surface area contributed by atoms with E-state index in [9.17, 15) is 24.5 Å². The number of carbonyl (C=O) groups is 3. The van der Waals surface area contributed by atoms with Gasteiger partial charge in [0.2, 0.25) is 11.9 Å². The number of ether oxygens (including phenoxy) is 1. The summed E-state index contributed by atoms with van der Waals surface area (Å²) < 4.78 is 5.75. The number of imidazole rings is 1. The molecule has 0 aliphatic heterocycles. The monoisotopic (exact) mass is 329 g/mol. The Hall–Kier alpha value is -3.02. The predicted octanol–water partition coefficient (Wildman–Crippen LogP) is -0.191. The number of carbonyl (C=O) groups excluding carboxylic acids is 3. The van der Waals surface area contributed by atoms with Crippen LogP contribution in [0.4, 0.5) is 10.6 Å². The van der Waals surface area contributed by atoms with Gasteiger partial charge >= 0.3 is 17.8 Å². The van der Waals surface area contributed by atoms with Crippen LogP contribution in [0.5, 0.6) is 0 Å². The summed E-state index contributed by atoms with van der Waals surface area (Å²) in [4.78, 5) is 48.7. The Morgan fingerprint density at radius 1 is 1.52 bits per heavy atom. The molecule has 0 spiro atoms. The SMILES string of the molecule is CCOC(=O)C(CC(=O)NC(=O)NO)n1c([N+](=O)[O-])cnc1C. The molecular weight excluding hydrogens is 314 g/mol. The van der Waals surface area contributed by atoms with E-state index < -0.39 is 41.1 Å². The third-order valence-corrected chi connectivity index (χ3v) is 2.75. The van der Waals surface area contributed by atoms with E-state index in [4.69, 9.17) is 9.94 Å². The quantitative estimate of drug-likeness (QED) is 0.279. The maximum absolute atomic E-state index is 12.0. The van der Waals surface area contributed by atoms with Crippen molar-refractivity contribution < 1.29 is 29.3 Å². The molecule has 1 atom stereocenters. The van der Waals surface area contributed by atoms with Crippen LogP contribution in [-0.2, 0) is 14.3 Å². The molecule has 1 aromatic heterocycles. The van der Waals surface area contributed by atoms with E-state index in [1.54, 1.807) is 5.32 Å². The predicted molar refractivity (Wildman–Crippen MR) is 72.4 cm³/mol. The number of urea groups is 1. The van der Waals surface area contributed by atoms with Gasteiger partial charge in [0.25, 0.3) is 0 Å². The number of rotatable bonds is 6. The second-order valence-corrected chi connectivity index (χ2v) is 4.25. The van der Waals surface area contributed by atoms with E-state index in [1.807, 2.05) is 0 Å². The highest BCUT2D eigenvalue weighted by Gasteiger charge is 2.35. The van der Waals surface area contributed by atoms with E-state index in [1.165, 1.54) is 19.3 Å². The first-order valence-electron chi connectivity index (χ1n) is 6.40. The summed E-state index contributed by atoms with van der Waals surface area (Å²) in [7, 11) is 0. The minimum Gasteiger partial charge on any atom is -0.463 e. The lowest BCUT2D eigenvalue weighted by molar-refractivity contribution is -0.392. The van der Waals surface area contributed by atoms with Gasteiger partial charge in [-0.15, -0.1) is 0 Å². The van der Waals surface area contributed by atoms with Crippen LogP contribution in [0.2, 0.25) is 0 Å². The van der Waals surface area contributed by atoms with Crippen molar-refractivity contribution in [2.75, 3.05) is 6.61 Å². The Labute approximate surface area is 129 Å². The van der Waals surface area contributed by atoms with Crippen LogP contribution in [0.3, 0.4) is 0 Å². The Balaban J connectivity index is 3.14. The molecule has 0 aliphatic carbocycles. The molecule has 126 valence electrons. The van der Waals surface area contributed by atoms with Gasteiger partial charge in [-0.3, -0.25) is 15.3 Å². The number of aryl methyl sites for hydroxylation is 1. The van der Waals surface area contributed by atoms with Crippen molar-refractivity contribution in [3.05, 3.63) is 22.1 Å². The maximum Gasteiger partial charge on any atom is 0.352 e. The van der Waals surface area contributed by atoms with Gasteiger partial charge < -0.3 is 14.9 Å². The van der Waals surface area contributed by atoms with Gasteiger partial charge in [0, 0.05) is 6.92 Å². The third-order valence-electron chi connectivity index (χ3n) is 2.75. The topological polar surface area (TPSA) is 166 Å². The largest absolute Gasteiger partial charge is 0.463 e. The fraction of sp³-hybridized carbons (Fsp3) is 0.455. The van der Waals surface area contributed by atoms with Crippen molar-refractivity contribution in [2.45, 2.75) is 26.3 Å². The Morgan fingerprint density at radius 2 is 2.17 bits per heavy atom. The van der Waals surface area contributed by atoms with Gasteiger partial charge in [0.1, 0.15) is 6.20 Å². The van der Waals surface area contributed by atoms with Crippen molar-refractivity contribution in [2.24, 2.45) is 0 Å². The number of nitrogens with zero attached hydrogens (tertiary/aromatic N) is 3. The molecule has 0 fully saturated rings. The molecule has 0 radical (unpaired) electrons. The van der Waals surface area contributed by atoms with Crippen LogP contribution in [0.15, 0.2) is 6.20 Å². The molecule has 1 aromatic rings. The Morgan fingerprint density at radius 3 is 2.70 bits per heavy atom. The molecule has 0 saturated heterocycles. The van der Waals surface area contributed by atoms with Gasteiger partial charge in [-0.05, 0) is 11.8 Å². The smallest absolute Gasteiger partial charge is 0.352 e. The van der Waals surface area contributed by atoms with Crippen LogP contribution < -0.4 is 10.8 Å². The molecule has 0 aromatic carbocycles. The summed E-state index contributed by atoms with van der Waals surface area (Å²) in [6.07, 6.45) is 0.324. The second-order valence-electron chi connectivity index (χ2n) is 4.25. The summed E-state index contributed by atoms with van der Waals surface area (Å²) in [5, 5.41) is 21.1.